The zero-order valence-electron chi connectivity index (χ0n) is 12.0. The smallest absolute Gasteiger partial charge is 0.347 e. The molecule has 0 spiro atoms. The van der Waals surface area contributed by atoms with Crippen LogP contribution in [0.3, 0.4) is 0 Å². The van der Waals surface area contributed by atoms with E-state index in [1.165, 1.54) is 6.92 Å². The Hall–Kier alpha value is -1.82. The number of esters is 1. The molecule has 5 nitrogen and oxygen atoms in total. The molecular weight excluding hydrogens is 338 g/mol. The molecule has 0 radical (unpaired) electrons. The van der Waals surface area contributed by atoms with Crippen molar-refractivity contribution in [2.75, 3.05) is 6.54 Å². The lowest BCUT2D eigenvalue weighted by Crippen LogP contribution is -2.38. The molecule has 0 unspecified atom stereocenters. The summed E-state index contributed by atoms with van der Waals surface area (Å²) in [5.41, 5.74) is 0. The summed E-state index contributed by atoms with van der Waals surface area (Å²) in [4.78, 5) is 23.4. The van der Waals surface area contributed by atoms with E-state index in [-0.39, 0.29) is 5.91 Å². The molecule has 0 bridgehead atoms. The molecule has 1 aromatic carbocycles. The van der Waals surface area contributed by atoms with Gasteiger partial charge in [-0.2, -0.15) is 0 Å². The highest BCUT2D eigenvalue weighted by Crippen LogP contribution is 2.17. The third-order valence-corrected chi connectivity index (χ3v) is 3.07. The van der Waals surface area contributed by atoms with Crippen LogP contribution in [0.25, 0.3) is 0 Å². The topological polar surface area (TPSA) is 64.6 Å². The molecule has 21 heavy (non-hydrogen) atoms. The van der Waals surface area contributed by atoms with E-state index in [2.05, 4.69) is 27.8 Å². The zero-order chi connectivity index (χ0) is 15.8. The van der Waals surface area contributed by atoms with Crippen molar-refractivity contribution in [1.29, 1.82) is 0 Å². The minimum atomic E-state index is -0.881. The highest BCUT2D eigenvalue weighted by molar-refractivity contribution is 9.10. The van der Waals surface area contributed by atoms with Gasteiger partial charge in [-0.3, -0.25) is 4.79 Å². The van der Waals surface area contributed by atoms with E-state index in [0.29, 0.717) is 12.3 Å². The standard InChI is InChI=1S/C15H18BrNO4/c1-4-9-17-14(18)10(2)21-15(19)11(3)20-13-7-5-12(16)6-8-13/h4-8,10-11H,1,9H2,2-3H3,(H,17,18)/t10-,11-/m1/s1. The van der Waals surface area contributed by atoms with Crippen molar-refractivity contribution < 1.29 is 19.1 Å². The first-order valence-corrected chi connectivity index (χ1v) is 7.24. The molecule has 1 rings (SSSR count). The highest BCUT2D eigenvalue weighted by atomic mass is 79.9. The van der Waals surface area contributed by atoms with Gasteiger partial charge in [-0.15, -0.1) is 6.58 Å². The fourth-order valence-electron chi connectivity index (χ4n) is 1.41. The van der Waals surface area contributed by atoms with Gasteiger partial charge in [0.15, 0.2) is 12.2 Å². The Balaban J connectivity index is 2.48. The summed E-state index contributed by atoms with van der Waals surface area (Å²) in [5.74, 6) is -0.426. The van der Waals surface area contributed by atoms with E-state index in [1.54, 1.807) is 37.3 Å². The Kier molecular flexibility index (Phi) is 6.94. The van der Waals surface area contributed by atoms with Crippen LogP contribution < -0.4 is 10.1 Å². The first kappa shape index (κ1) is 17.2. The number of halogens is 1. The minimum Gasteiger partial charge on any atom is -0.479 e. The lowest BCUT2D eigenvalue weighted by Gasteiger charge is -2.17. The molecule has 2 atom stereocenters. The normalized spacial score (nSPS) is 12.9. The second kappa shape index (κ2) is 8.46. The summed E-state index contributed by atoms with van der Waals surface area (Å²) in [5, 5.41) is 2.55. The molecule has 0 heterocycles. The summed E-state index contributed by atoms with van der Waals surface area (Å²) in [7, 11) is 0. The van der Waals surface area contributed by atoms with E-state index in [9.17, 15) is 9.59 Å². The van der Waals surface area contributed by atoms with Crippen LogP contribution in [-0.4, -0.2) is 30.6 Å². The third-order valence-electron chi connectivity index (χ3n) is 2.54. The van der Waals surface area contributed by atoms with E-state index >= 15 is 0 Å². The number of ether oxygens (including phenoxy) is 2. The van der Waals surface area contributed by atoms with Crippen LogP contribution in [0.1, 0.15) is 13.8 Å². The Morgan fingerprint density at radius 1 is 1.29 bits per heavy atom. The summed E-state index contributed by atoms with van der Waals surface area (Å²) in [6.45, 7) is 6.88. The van der Waals surface area contributed by atoms with Gasteiger partial charge in [0.1, 0.15) is 5.75 Å². The van der Waals surface area contributed by atoms with Crippen molar-refractivity contribution in [3.63, 3.8) is 0 Å². The van der Waals surface area contributed by atoms with Crippen LogP contribution in [0, 0.1) is 0 Å². The zero-order valence-corrected chi connectivity index (χ0v) is 13.6. The minimum absolute atomic E-state index is 0.325. The summed E-state index contributed by atoms with van der Waals surface area (Å²) < 4.78 is 11.4. The molecule has 0 fully saturated rings. The molecule has 0 saturated carbocycles. The number of carbonyl (C=O) groups excluding carboxylic acids is 2. The Labute approximate surface area is 132 Å². The van der Waals surface area contributed by atoms with Crippen molar-refractivity contribution in [1.82, 2.24) is 5.32 Å². The number of carbonyl (C=O) groups is 2. The molecule has 0 aliphatic rings. The van der Waals surface area contributed by atoms with Crippen LogP contribution in [0.2, 0.25) is 0 Å². The summed E-state index contributed by atoms with van der Waals surface area (Å²) in [6.07, 6.45) is -0.139. The van der Waals surface area contributed by atoms with Gasteiger partial charge in [0, 0.05) is 11.0 Å². The lowest BCUT2D eigenvalue weighted by atomic mass is 10.3. The number of hydrogen-bond acceptors (Lipinski definition) is 4. The van der Waals surface area contributed by atoms with Crippen molar-refractivity contribution in [2.45, 2.75) is 26.1 Å². The second-order valence-electron chi connectivity index (χ2n) is 4.33. The first-order chi connectivity index (χ1) is 9.93. The second-order valence-corrected chi connectivity index (χ2v) is 5.24. The van der Waals surface area contributed by atoms with Gasteiger partial charge in [-0.05, 0) is 38.1 Å². The van der Waals surface area contributed by atoms with E-state index in [0.717, 1.165) is 4.47 Å². The van der Waals surface area contributed by atoms with Crippen LogP contribution in [0.5, 0.6) is 5.75 Å². The third kappa shape index (κ3) is 5.99. The van der Waals surface area contributed by atoms with E-state index in [1.807, 2.05) is 0 Å². The van der Waals surface area contributed by atoms with Gasteiger partial charge in [0.2, 0.25) is 0 Å². The number of benzene rings is 1. The Morgan fingerprint density at radius 2 is 1.90 bits per heavy atom. The van der Waals surface area contributed by atoms with Gasteiger partial charge in [0.05, 0.1) is 0 Å². The van der Waals surface area contributed by atoms with Crippen LogP contribution in [0.4, 0.5) is 0 Å². The van der Waals surface area contributed by atoms with Gasteiger partial charge >= 0.3 is 5.97 Å². The molecule has 0 aliphatic heterocycles. The predicted octanol–water partition coefficient (Wildman–Crippen LogP) is 2.45. The van der Waals surface area contributed by atoms with Crippen molar-refractivity contribution in [2.24, 2.45) is 0 Å². The average molecular weight is 356 g/mol. The highest BCUT2D eigenvalue weighted by Gasteiger charge is 2.22. The van der Waals surface area contributed by atoms with E-state index < -0.39 is 18.2 Å². The van der Waals surface area contributed by atoms with Crippen LogP contribution in [-0.2, 0) is 14.3 Å². The summed E-state index contributed by atoms with van der Waals surface area (Å²) in [6, 6.07) is 7.07. The molecule has 1 aromatic rings. The van der Waals surface area contributed by atoms with Crippen molar-refractivity contribution in [3.8, 4) is 5.75 Å². The number of amides is 1. The average Bonchev–Trinajstić information content (AvgIpc) is 2.46. The summed E-state index contributed by atoms with van der Waals surface area (Å²) >= 11 is 3.31. The SMILES string of the molecule is C=CCNC(=O)[C@@H](C)OC(=O)[C@@H](C)Oc1ccc(Br)cc1. The molecule has 0 saturated heterocycles. The van der Waals surface area contributed by atoms with Gasteiger partial charge in [-0.1, -0.05) is 22.0 Å². The quantitative estimate of drug-likeness (QED) is 0.602. The fourth-order valence-corrected chi connectivity index (χ4v) is 1.67. The molecule has 0 aliphatic carbocycles. The van der Waals surface area contributed by atoms with Crippen molar-refractivity contribution in [3.05, 3.63) is 41.4 Å². The molecular formula is C15H18BrNO4. The Morgan fingerprint density at radius 3 is 2.48 bits per heavy atom. The molecule has 114 valence electrons. The van der Waals surface area contributed by atoms with Gasteiger partial charge in [-0.25, -0.2) is 4.79 Å². The monoisotopic (exact) mass is 355 g/mol. The predicted molar refractivity (Wildman–Crippen MR) is 83.0 cm³/mol. The lowest BCUT2D eigenvalue weighted by molar-refractivity contribution is -0.160. The van der Waals surface area contributed by atoms with Gasteiger partial charge < -0.3 is 14.8 Å². The maximum Gasteiger partial charge on any atom is 0.347 e. The first-order valence-electron chi connectivity index (χ1n) is 6.45. The largest absolute Gasteiger partial charge is 0.479 e. The molecule has 0 aromatic heterocycles. The fraction of sp³-hybridized carbons (Fsp3) is 0.333. The molecule has 1 N–H and O–H groups in total. The maximum atomic E-state index is 11.8. The number of rotatable bonds is 7. The number of nitrogens with one attached hydrogen (secondary N) is 1. The van der Waals surface area contributed by atoms with Gasteiger partial charge in [0.25, 0.3) is 5.91 Å². The molecule has 6 heteroatoms. The van der Waals surface area contributed by atoms with Crippen LogP contribution in [0.15, 0.2) is 41.4 Å². The Bertz CT molecular complexity index is 501. The van der Waals surface area contributed by atoms with Crippen molar-refractivity contribution >= 4 is 27.8 Å². The molecule has 1 amide bonds. The van der Waals surface area contributed by atoms with Crippen LogP contribution >= 0.6 is 15.9 Å². The van der Waals surface area contributed by atoms with E-state index in [4.69, 9.17) is 9.47 Å². The maximum absolute atomic E-state index is 11.8. The number of hydrogen-bond donors (Lipinski definition) is 1.